The molecule has 0 aliphatic rings. The fourth-order valence-electron chi connectivity index (χ4n) is 3.23. The fourth-order valence-corrected chi connectivity index (χ4v) is 3.23. The van der Waals surface area contributed by atoms with Gasteiger partial charge in [0, 0.05) is 26.1 Å². The number of hydrogen-bond donors (Lipinski definition) is 2. The van der Waals surface area contributed by atoms with Gasteiger partial charge in [0.2, 0.25) is 0 Å². The Labute approximate surface area is 198 Å². The number of nitrogens with zero attached hydrogens (tertiary/aromatic N) is 4. The summed E-state index contributed by atoms with van der Waals surface area (Å²) in [5.74, 6) is 0.978. The van der Waals surface area contributed by atoms with E-state index < -0.39 is 4.92 Å². The molecule has 1 heterocycles. The largest absolute Gasteiger partial charge is 0.356 e. The van der Waals surface area contributed by atoms with Crippen LogP contribution in [0.2, 0.25) is 0 Å². The standard InChI is InChI=1S/C22H26N6O2.HI/c1-23-22(24-12-13-27-17-21(16-26-27)28(29)30)25-15-20(19-10-6-3-7-11-19)14-18-8-4-2-5-9-18;/h2-11,16-17,20H,12-15H2,1H3,(H2,23,24,25);1H. The van der Waals surface area contributed by atoms with Crippen molar-refractivity contribution >= 4 is 35.6 Å². The summed E-state index contributed by atoms with van der Waals surface area (Å²) in [5, 5.41) is 21.4. The lowest BCUT2D eigenvalue weighted by atomic mass is 9.92. The number of aliphatic imine (C=N–C) groups is 1. The lowest BCUT2D eigenvalue weighted by Gasteiger charge is -2.20. The molecule has 9 heteroatoms. The molecular weight excluding hydrogens is 507 g/mol. The molecule has 8 nitrogen and oxygen atoms in total. The molecule has 0 bridgehead atoms. The summed E-state index contributed by atoms with van der Waals surface area (Å²) < 4.78 is 1.54. The molecule has 3 aromatic rings. The highest BCUT2D eigenvalue weighted by atomic mass is 127. The Bertz CT molecular complexity index is 962. The topological polar surface area (TPSA) is 97.4 Å². The van der Waals surface area contributed by atoms with Crippen LogP contribution >= 0.6 is 24.0 Å². The highest BCUT2D eigenvalue weighted by Crippen LogP contribution is 2.20. The van der Waals surface area contributed by atoms with Crippen LogP contribution in [0.1, 0.15) is 17.0 Å². The number of nitrogens with one attached hydrogen (secondary N) is 2. The highest BCUT2D eigenvalue weighted by molar-refractivity contribution is 14.0. The Morgan fingerprint density at radius 2 is 1.81 bits per heavy atom. The molecule has 0 aliphatic carbocycles. The van der Waals surface area contributed by atoms with Gasteiger partial charge in [0.05, 0.1) is 11.5 Å². The number of nitro groups is 1. The average molecular weight is 534 g/mol. The van der Waals surface area contributed by atoms with E-state index in [0.29, 0.717) is 25.0 Å². The van der Waals surface area contributed by atoms with E-state index in [2.05, 4.69) is 69.3 Å². The second kappa shape index (κ2) is 12.7. The zero-order valence-corrected chi connectivity index (χ0v) is 19.7. The van der Waals surface area contributed by atoms with Crippen molar-refractivity contribution in [2.24, 2.45) is 4.99 Å². The molecule has 0 fully saturated rings. The highest BCUT2D eigenvalue weighted by Gasteiger charge is 2.13. The fraction of sp³-hybridized carbons (Fsp3) is 0.273. The molecular formula is C22H27IN6O2. The Morgan fingerprint density at radius 3 is 2.42 bits per heavy atom. The third kappa shape index (κ3) is 7.67. The van der Waals surface area contributed by atoms with Crippen LogP contribution in [-0.2, 0) is 13.0 Å². The third-order valence-corrected chi connectivity index (χ3v) is 4.80. The van der Waals surface area contributed by atoms with Gasteiger partial charge in [-0.2, -0.15) is 5.10 Å². The van der Waals surface area contributed by atoms with Crippen LogP contribution in [-0.4, -0.2) is 40.8 Å². The van der Waals surface area contributed by atoms with Gasteiger partial charge in [-0.15, -0.1) is 24.0 Å². The van der Waals surface area contributed by atoms with E-state index in [1.165, 1.54) is 23.5 Å². The minimum Gasteiger partial charge on any atom is -0.356 e. The zero-order chi connectivity index (χ0) is 21.2. The number of rotatable bonds is 9. The second-order valence-electron chi connectivity index (χ2n) is 6.90. The Kier molecular flexibility index (Phi) is 9.95. The van der Waals surface area contributed by atoms with Gasteiger partial charge in [-0.05, 0) is 17.5 Å². The average Bonchev–Trinajstić information content (AvgIpc) is 3.26. The van der Waals surface area contributed by atoms with Crippen LogP contribution in [0.5, 0.6) is 0 Å². The van der Waals surface area contributed by atoms with Crippen molar-refractivity contribution in [3.05, 3.63) is 94.3 Å². The molecule has 0 amide bonds. The van der Waals surface area contributed by atoms with Gasteiger partial charge in [-0.25, -0.2) is 0 Å². The molecule has 0 saturated carbocycles. The molecule has 0 saturated heterocycles. The zero-order valence-electron chi connectivity index (χ0n) is 17.3. The van der Waals surface area contributed by atoms with Crippen LogP contribution in [0.4, 0.5) is 5.69 Å². The maximum Gasteiger partial charge on any atom is 0.306 e. The molecule has 2 aromatic carbocycles. The molecule has 3 rings (SSSR count). The maximum atomic E-state index is 10.7. The molecule has 0 spiro atoms. The van der Waals surface area contributed by atoms with E-state index in [1.54, 1.807) is 11.7 Å². The third-order valence-electron chi connectivity index (χ3n) is 4.80. The first-order valence-electron chi connectivity index (χ1n) is 9.86. The number of halogens is 1. The van der Waals surface area contributed by atoms with E-state index in [4.69, 9.17) is 0 Å². The molecule has 2 N–H and O–H groups in total. The van der Waals surface area contributed by atoms with Crippen LogP contribution in [0, 0.1) is 10.1 Å². The lowest BCUT2D eigenvalue weighted by Crippen LogP contribution is -2.41. The summed E-state index contributed by atoms with van der Waals surface area (Å²) >= 11 is 0. The smallest absolute Gasteiger partial charge is 0.306 e. The number of aromatic nitrogens is 2. The van der Waals surface area contributed by atoms with Gasteiger partial charge in [0.1, 0.15) is 12.4 Å². The van der Waals surface area contributed by atoms with Crippen LogP contribution in [0.25, 0.3) is 0 Å². The van der Waals surface area contributed by atoms with E-state index in [0.717, 1.165) is 13.0 Å². The molecule has 164 valence electrons. The van der Waals surface area contributed by atoms with Crippen molar-refractivity contribution in [1.29, 1.82) is 0 Å². The van der Waals surface area contributed by atoms with E-state index in [-0.39, 0.29) is 29.7 Å². The Morgan fingerprint density at radius 1 is 1.13 bits per heavy atom. The Balaban J connectivity index is 0.00000341. The van der Waals surface area contributed by atoms with Gasteiger partial charge in [-0.3, -0.25) is 19.8 Å². The van der Waals surface area contributed by atoms with Gasteiger partial charge >= 0.3 is 5.69 Å². The SMILES string of the molecule is CN=C(NCCn1cc([N+](=O)[O-])cn1)NCC(Cc1ccccc1)c1ccccc1.I. The summed E-state index contributed by atoms with van der Waals surface area (Å²) in [4.78, 5) is 14.6. The summed E-state index contributed by atoms with van der Waals surface area (Å²) in [5.41, 5.74) is 2.55. The van der Waals surface area contributed by atoms with Gasteiger partial charge in [0.15, 0.2) is 5.96 Å². The predicted molar refractivity (Wildman–Crippen MR) is 133 cm³/mol. The van der Waals surface area contributed by atoms with Crippen LogP contribution in [0.15, 0.2) is 78.0 Å². The van der Waals surface area contributed by atoms with E-state index in [1.807, 2.05) is 12.1 Å². The molecule has 0 radical (unpaired) electrons. The van der Waals surface area contributed by atoms with Crippen molar-refractivity contribution in [3.8, 4) is 0 Å². The first-order chi connectivity index (χ1) is 14.7. The van der Waals surface area contributed by atoms with Crippen LogP contribution in [0.3, 0.4) is 0 Å². The summed E-state index contributed by atoms with van der Waals surface area (Å²) in [6.45, 7) is 1.78. The number of hydrogen-bond acceptors (Lipinski definition) is 4. The van der Waals surface area contributed by atoms with E-state index in [9.17, 15) is 10.1 Å². The van der Waals surface area contributed by atoms with Crippen molar-refractivity contribution in [1.82, 2.24) is 20.4 Å². The molecule has 1 aromatic heterocycles. The van der Waals surface area contributed by atoms with Crippen molar-refractivity contribution < 1.29 is 4.92 Å². The molecule has 31 heavy (non-hydrogen) atoms. The van der Waals surface area contributed by atoms with Gasteiger partial charge in [0.25, 0.3) is 0 Å². The maximum absolute atomic E-state index is 10.7. The minimum absolute atomic E-state index is 0. The van der Waals surface area contributed by atoms with Gasteiger partial charge < -0.3 is 10.6 Å². The second-order valence-corrected chi connectivity index (χ2v) is 6.90. The monoisotopic (exact) mass is 534 g/mol. The molecule has 0 aliphatic heterocycles. The van der Waals surface area contributed by atoms with Gasteiger partial charge in [-0.1, -0.05) is 60.7 Å². The molecule has 1 unspecified atom stereocenters. The normalized spacial score (nSPS) is 12.0. The summed E-state index contributed by atoms with van der Waals surface area (Å²) in [7, 11) is 1.73. The first kappa shape index (κ1) is 24.3. The minimum atomic E-state index is -0.451. The summed E-state index contributed by atoms with van der Waals surface area (Å²) in [6.07, 6.45) is 3.59. The number of benzene rings is 2. The van der Waals surface area contributed by atoms with Crippen molar-refractivity contribution in [2.75, 3.05) is 20.1 Å². The molecule has 1 atom stereocenters. The first-order valence-corrected chi connectivity index (χ1v) is 9.86. The van der Waals surface area contributed by atoms with E-state index >= 15 is 0 Å². The summed E-state index contributed by atoms with van der Waals surface area (Å²) in [6, 6.07) is 20.9. The van der Waals surface area contributed by atoms with Crippen molar-refractivity contribution in [3.63, 3.8) is 0 Å². The van der Waals surface area contributed by atoms with Crippen LogP contribution < -0.4 is 10.6 Å². The quantitative estimate of drug-likeness (QED) is 0.144. The lowest BCUT2D eigenvalue weighted by molar-refractivity contribution is -0.385. The number of guanidine groups is 1. The predicted octanol–water partition coefficient (Wildman–Crippen LogP) is 3.60. The Hall–Kier alpha value is -2.95. The van der Waals surface area contributed by atoms with Crippen molar-refractivity contribution in [2.45, 2.75) is 18.9 Å².